The van der Waals surface area contributed by atoms with E-state index in [4.69, 9.17) is 0 Å². The van der Waals surface area contributed by atoms with Gasteiger partial charge in [-0.1, -0.05) is 39.0 Å². The molecule has 1 aromatic carbocycles. The summed E-state index contributed by atoms with van der Waals surface area (Å²) in [5, 5.41) is 3.14. The number of hydrogen-bond donors (Lipinski definition) is 1. The maximum atomic E-state index is 13.2. The Hall–Kier alpha value is -1.65. The van der Waals surface area contributed by atoms with Crippen molar-refractivity contribution in [3.05, 3.63) is 35.4 Å². The van der Waals surface area contributed by atoms with Gasteiger partial charge in [0.1, 0.15) is 6.04 Å². The van der Waals surface area contributed by atoms with Gasteiger partial charge >= 0.3 is 6.18 Å². The van der Waals surface area contributed by atoms with Crippen molar-refractivity contribution >= 4 is 15.9 Å². The summed E-state index contributed by atoms with van der Waals surface area (Å²) in [4.78, 5) is 15.4. The molecule has 1 aliphatic heterocycles. The number of sulfonamides is 1. The summed E-state index contributed by atoms with van der Waals surface area (Å²) in [5.41, 5.74) is -0.0174. The van der Waals surface area contributed by atoms with E-state index in [2.05, 4.69) is 10.2 Å². The van der Waals surface area contributed by atoms with Crippen LogP contribution in [-0.2, 0) is 27.5 Å². The van der Waals surface area contributed by atoms with Crippen LogP contribution in [0.2, 0.25) is 0 Å². The molecular formula is C24H36F3N3O3S. The molecule has 34 heavy (non-hydrogen) atoms. The summed E-state index contributed by atoms with van der Waals surface area (Å²) >= 11 is 0. The van der Waals surface area contributed by atoms with E-state index in [0.717, 1.165) is 31.7 Å². The molecule has 0 radical (unpaired) electrons. The molecule has 10 heteroatoms. The second-order valence-corrected chi connectivity index (χ2v) is 12.1. The lowest BCUT2D eigenvalue weighted by molar-refractivity contribution is -0.137. The lowest BCUT2D eigenvalue weighted by atomic mass is 9.97. The van der Waals surface area contributed by atoms with E-state index in [1.807, 2.05) is 13.8 Å². The van der Waals surface area contributed by atoms with E-state index in [0.29, 0.717) is 31.0 Å². The Bertz CT molecular complexity index is 968. The highest BCUT2D eigenvalue weighted by Crippen LogP contribution is 2.39. The van der Waals surface area contributed by atoms with Crippen LogP contribution in [0.5, 0.6) is 0 Å². The number of alkyl halides is 3. The van der Waals surface area contributed by atoms with Crippen molar-refractivity contribution in [3.63, 3.8) is 0 Å². The van der Waals surface area contributed by atoms with Gasteiger partial charge in [-0.05, 0) is 48.6 Å². The second kappa shape index (κ2) is 10.5. The van der Waals surface area contributed by atoms with Crippen molar-refractivity contribution in [3.8, 4) is 0 Å². The van der Waals surface area contributed by atoms with Crippen molar-refractivity contribution in [1.82, 2.24) is 14.5 Å². The van der Waals surface area contributed by atoms with Crippen LogP contribution in [-0.4, -0.2) is 61.5 Å². The zero-order valence-corrected chi connectivity index (χ0v) is 21.1. The highest BCUT2D eigenvalue weighted by molar-refractivity contribution is 7.88. The molecule has 0 aromatic heterocycles. The van der Waals surface area contributed by atoms with Crippen LogP contribution >= 0.6 is 0 Å². The first-order chi connectivity index (χ1) is 15.8. The monoisotopic (exact) mass is 503 g/mol. The molecule has 2 fully saturated rings. The van der Waals surface area contributed by atoms with Crippen molar-refractivity contribution in [1.29, 1.82) is 0 Å². The molecule has 2 aliphatic rings. The SMILES string of the molecule is CCN([C@@H](CC(C)C)C(=O)N[C@H]1CC[C@@H]2CN(Cc3cccc(C(F)(F)F)c3)C[C@@H]21)S(C)(=O)=O. The van der Waals surface area contributed by atoms with Gasteiger partial charge in [-0.2, -0.15) is 17.5 Å². The Morgan fingerprint density at radius 3 is 2.53 bits per heavy atom. The van der Waals surface area contributed by atoms with Gasteiger partial charge in [-0.15, -0.1) is 0 Å². The molecule has 0 spiro atoms. The number of fused-ring (bicyclic) bond motifs is 1. The fourth-order valence-corrected chi connectivity index (χ4v) is 6.65. The predicted octanol–water partition coefficient (Wildman–Crippen LogP) is 3.73. The standard InChI is InChI=1S/C24H36F3N3O3S/c1-5-30(34(4,32)33)22(11-16(2)3)23(31)28-21-10-9-18-14-29(15-20(18)21)13-17-7-6-8-19(12-17)24(25,26)27/h6-8,12,16,18,20-22H,5,9-11,13-15H2,1-4H3,(H,28,31)/t18-,20+,21+,22+/m1/s1. The molecule has 1 aromatic rings. The summed E-state index contributed by atoms with van der Waals surface area (Å²) in [7, 11) is -3.53. The molecule has 3 rings (SSSR count). The van der Waals surface area contributed by atoms with Gasteiger partial charge in [-0.25, -0.2) is 8.42 Å². The topological polar surface area (TPSA) is 69.7 Å². The largest absolute Gasteiger partial charge is 0.416 e. The van der Waals surface area contributed by atoms with Crippen LogP contribution in [0.1, 0.15) is 51.2 Å². The number of halogens is 3. The molecule has 0 unspecified atom stereocenters. The average Bonchev–Trinajstić information content (AvgIpc) is 3.27. The zero-order valence-electron chi connectivity index (χ0n) is 20.3. The normalized spacial score (nSPS) is 24.6. The second-order valence-electron chi connectivity index (χ2n) is 10.1. The molecule has 1 heterocycles. The molecule has 1 saturated carbocycles. The van der Waals surface area contributed by atoms with Crippen molar-refractivity contribution < 1.29 is 26.4 Å². The molecule has 1 saturated heterocycles. The molecule has 192 valence electrons. The van der Waals surface area contributed by atoms with Gasteiger partial charge in [-0.3, -0.25) is 9.69 Å². The summed E-state index contributed by atoms with van der Waals surface area (Å²) < 4.78 is 65.0. The molecule has 1 N–H and O–H groups in total. The van der Waals surface area contributed by atoms with Crippen molar-refractivity contribution in [2.24, 2.45) is 17.8 Å². The Labute approximate surface area is 200 Å². The van der Waals surface area contributed by atoms with E-state index in [9.17, 15) is 26.4 Å². The third-order valence-electron chi connectivity index (χ3n) is 7.00. The molecule has 1 aliphatic carbocycles. The molecule has 0 bridgehead atoms. The van der Waals surface area contributed by atoms with E-state index in [1.165, 1.54) is 16.4 Å². The number of carbonyl (C=O) groups is 1. The van der Waals surface area contributed by atoms with Crippen LogP contribution in [0, 0.1) is 17.8 Å². The quantitative estimate of drug-likeness (QED) is 0.558. The fourth-order valence-electron chi connectivity index (χ4n) is 5.54. The third kappa shape index (κ3) is 6.51. The summed E-state index contributed by atoms with van der Waals surface area (Å²) in [5.74, 6) is 0.472. The van der Waals surface area contributed by atoms with Crippen molar-refractivity contribution in [2.75, 3.05) is 25.9 Å². The van der Waals surface area contributed by atoms with Gasteiger partial charge in [0.25, 0.3) is 0 Å². The van der Waals surface area contributed by atoms with Crippen LogP contribution in [0.15, 0.2) is 24.3 Å². The summed E-state index contributed by atoms with van der Waals surface area (Å²) in [6, 6.07) is 4.63. The van der Waals surface area contributed by atoms with Gasteiger partial charge < -0.3 is 5.32 Å². The number of benzene rings is 1. The van der Waals surface area contributed by atoms with E-state index < -0.39 is 27.8 Å². The summed E-state index contributed by atoms with van der Waals surface area (Å²) in [6.07, 6.45) is -1.02. The van der Waals surface area contributed by atoms with E-state index in [1.54, 1.807) is 13.0 Å². The van der Waals surface area contributed by atoms with Crippen molar-refractivity contribution in [2.45, 2.75) is 64.8 Å². The number of likely N-dealkylation sites (N-methyl/N-ethyl adjacent to an activating group) is 1. The molecule has 4 atom stereocenters. The lowest BCUT2D eigenvalue weighted by Crippen LogP contribution is -2.53. The Kier molecular flexibility index (Phi) is 8.35. The minimum absolute atomic E-state index is 0.0584. The maximum absolute atomic E-state index is 13.2. The van der Waals surface area contributed by atoms with Gasteiger partial charge in [0.2, 0.25) is 15.9 Å². The van der Waals surface area contributed by atoms with E-state index in [-0.39, 0.29) is 30.3 Å². The first kappa shape index (κ1) is 26.9. The summed E-state index contributed by atoms with van der Waals surface area (Å²) in [6.45, 7) is 7.80. The Morgan fingerprint density at radius 1 is 1.24 bits per heavy atom. The third-order valence-corrected chi connectivity index (χ3v) is 8.37. The average molecular weight is 504 g/mol. The predicted molar refractivity (Wildman–Crippen MR) is 125 cm³/mol. The Balaban J connectivity index is 1.66. The number of rotatable bonds is 9. The first-order valence-corrected chi connectivity index (χ1v) is 13.8. The van der Waals surface area contributed by atoms with Crippen LogP contribution in [0.25, 0.3) is 0 Å². The molecule has 6 nitrogen and oxygen atoms in total. The number of amides is 1. The van der Waals surface area contributed by atoms with Crippen LogP contribution < -0.4 is 5.32 Å². The molecule has 1 amide bonds. The number of nitrogens with one attached hydrogen (secondary N) is 1. The number of hydrogen-bond acceptors (Lipinski definition) is 4. The zero-order chi connectivity index (χ0) is 25.3. The van der Waals surface area contributed by atoms with Crippen LogP contribution in [0.4, 0.5) is 13.2 Å². The smallest absolute Gasteiger partial charge is 0.352 e. The lowest BCUT2D eigenvalue weighted by Gasteiger charge is -2.31. The van der Waals surface area contributed by atoms with Crippen LogP contribution in [0.3, 0.4) is 0 Å². The maximum Gasteiger partial charge on any atom is 0.416 e. The number of carbonyl (C=O) groups excluding carboxylic acids is 1. The first-order valence-electron chi connectivity index (χ1n) is 11.9. The molecular weight excluding hydrogens is 467 g/mol. The highest BCUT2D eigenvalue weighted by atomic mass is 32.2. The van der Waals surface area contributed by atoms with Gasteiger partial charge in [0, 0.05) is 32.2 Å². The Morgan fingerprint density at radius 2 is 1.94 bits per heavy atom. The number of likely N-dealkylation sites (tertiary alicyclic amines) is 1. The minimum atomic E-state index is -4.36. The van der Waals surface area contributed by atoms with E-state index >= 15 is 0 Å². The fraction of sp³-hybridized carbons (Fsp3) is 0.708. The minimum Gasteiger partial charge on any atom is -0.352 e. The number of nitrogens with zero attached hydrogens (tertiary/aromatic N) is 2. The highest BCUT2D eigenvalue weighted by Gasteiger charge is 2.44. The van der Waals surface area contributed by atoms with Gasteiger partial charge in [0.05, 0.1) is 11.8 Å². The van der Waals surface area contributed by atoms with Gasteiger partial charge in [0.15, 0.2) is 0 Å².